The van der Waals surface area contributed by atoms with Gasteiger partial charge < -0.3 is 5.73 Å². The van der Waals surface area contributed by atoms with E-state index in [1.54, 1.807) is 0 Å². The van der Waals surface area contributed by atoms with Crippen LogP contribution in [0.2, 0.25) is 0 Å². The molecule has 0 radical (unpaired) electrons. The maximum absolute atomic E-state index is 7.00. The van der Waals surface area contributed by atoms with Gasteiger partial charge in [0.1, 0.15) is 0 Å². The van der Waals surface area contributed by atoms with Crippen molar-refractivity contribution in [3.8, 4) is 11.1 Å². The van der Waals surface area contributed by atoms with E-state index in [1.807, 2.05) is 6.07 Å². The van der Waals surface area contributed by atoms with Crippen LogP contribution in [0.15, 0.2) is 121 Å². The van der Waals surface area contributed by atoms with Crippen LogP contribution >= 0.6 is 0 Å². The van der Waals surface area contributed by atoms with Crippen molar-refractivity contribution in [3.63, 3.8) is 0 Å². The molecule has 0 saturated carbocycles. The summed E-state index contributed by atoms with van der Waals surface area (Å²) in [4.78, 5) is 0. The van der Waals surface area contributed by atoms with E-state index in [0.29, 0.717) is 0 Å². The highest BCUT2D eigenvalue weighted by atomic mass is 14.6. The fourth-order valence-corrected chi connectivity index (χ4v) is 7.04. The molecule has 5 aromatic carbocycles. The predicted molar refractivity (Wildman–Crippen MR) is 148 cm³/mol. The quantitative estimate of drug-likeness (QED) is 0.279. The zero-order valence-electron chi connectivity index (χ0n) is 20.7. The molecule has 0 amide bonds. The first-order valence-corrected chi connectivity index (χ1v) is 12.8. The van der Waals surface area contributed by atoms with Gasteiger partial charge in [-0.15, -0.1) is 0 Å². The fourth-order valence-electron chi connectivity index (χ4n) is 7.04. The molecule has 1 heteroatoms. The van der Waals surface area contributed by atoms with Crippen LogP contribution in [0.5, 0.6) is 0 Å². The molecular formula is C35H29N. The Morgan fingerprint density at radius 3 is 1.64 bits per heavy atom. The van der Waals surface area contributed by atoms with Gasteiger partial charge in [0.25, 0.3) is 0 Å². The summed E-state index contributed by atoms with van der Waals surface area (Å²) in [6, 6.07) is 44.1. The lowest BCUT2D eigenvalue weighted by Gasteiger charge is -2.46. The second-order valence-electron chi connectivity index (χ2n) is 10.7. The Bertz CT molecular complexity index is 1580. The third-order valence-corrected chi connectivity index (χ3v) is 8.60. The van der Waals surface area contributed by atoms with Crippen molar-refractivity contribution in [2.45, 2.75) is 30.7 Å². The first kappa shape index (κ1) is 21.4. The van der Waals surface area contributed by atoms with E-state index < -0.39 is 0 Å². The highest BCUT2D eigenvalue weighted by Crippen LogP contribution is 2.62. The van der Waals surface area contributed by atoms with E-state index in [1.165, 1.54) is 50.1 Å². The van der Waals surface area contributed by atoms with Crippen LogP contribution < -0.4 is 5.73 Å². The third-order valence-electron chi connectivity index (χ3n) is 8.60. The normalized spacial score (nSPS) is 16.5. The van der Waals surface area contributed by atoms with E-state index in [4.69, 9.17) is 5.73 Å². The molecule has 2 aliphatic rings. The van der Waals surface area contributed by atoms with E-state index in [0.717, 1.165) is 5.56 Å². The molecule has 36 heavy (non-hydrogen) atoms. The Balaban J connectivity index is 1.64. The van der Waals surface area contributed by atoms with Crippen LogP contribution in [0.1, 0.15) is 64.4 Å². The second-order valence-corrected chi connectivity index (χ2v) is 10.7. The average Bonchev–Trinajstić information content (AvgIpc) is 3.23. The van der Waals surface area contributed by atoms with Crippen LogP contribution in [0.25, 0.3) is 11.1 Å². The lowest BCUT2D eigenvalue weighted by molar-refractivity contribution is 0.563. The van der Waals surface area contributed by atoms with E-state index >= 15 is 0 Å². The van der Waals surface area contributed by atoms with Gasteiger partial charge in [-0.05, 0) is 55.6 Å². The van der Waals surface area contributed by atoms with Crippen molar-refractivity contribution in [2.75, 3.05) is 0 Å². The number of nitrogens with two attached hydrogens (primary N) is 1. The van der Waals surface area contributed by atoms with Crippen LogP contribution in [0, 0.1) is 0 Å². The van der Waals surface area contributed by atoms with Crippen molar-refractivity contribution in [2.24, 2.45) is 5.73 Å². The molecule has 2 aliphatic carbocycles. The monoisotopic (exact) mass is 463 g/mol. The maximum Gasteiger partial charge on any atom is 0.0719 e. The molecule has 0 heterocycles. The Labute approximate surface area is 213 Å². The number of hydrogen-bond donors (Lipinski definition) is 1. The van der Waals surface area contributed by atoms with Crippen LogP contribution in [0.4, 0.5) is 0 Å². The molecule has 1 unspecified atom stereocenters. The smallest absolute Gasteiger partial charge is 0.0719 e. The molecule has 1 nitrogen and oxygen atoms in total. The SMILES string of the molecule is CC1(C)c2ccccc2C2(c3ccccc3-c3c(C(N)c4ccccc4)cccc32)c2ccccc21. The molecule has 2 N–H and O–H groups in total. The fraction of sp³-hybridized carbons (Fsp3) is 0.143. The van der Waals surface area contributed by atoms with Gasteiger partial charge >= 0.3 is 0 Å². The number of hydrogen-bond acceptors (Lipinski definition) is 1. The summed E-state index contributed by atoms with van der Waals surface area (Å²) in [5, 5.41) is 0. The molecule has 1 atom stereocenters. The minimum absolute atomic E-state index is 0.0891. The van der Waals surface area contributed by atoms with Gasteiger partial charge in [-0.25, -0.2) is 0 Å². The first-order valence-electron chi connectivity index (χ1n) is 12.8. The minimum atomic E-state index is -0.374. The Morgan fingerprint density at radius 2 is 1.00 bits per heavy atom. The number of fused-ring (bicyclic) bond motifs is 9. The number of benzene rings is 5. The van der Waals surface area contributed by atoms with Gasteiger partial charge in [-0.2, -0.15) is 0 Å². The summed E-state index contributed by atoms with van der Waals surface area (Å²) in [7, 11) is 0. The van der Waals surface area contributed by atoms with Gasteiger partial charge in [0.15, 0.2) is 0 Å². The minimum Gasteiger partial charge on any atom is -0.320 e. The molecule has 7 rings (SSSR count). The molecule has 0 aromatic heterocycles. The molecule has 0 aliphatic heterocycles. The summed E-state index contributed by atoms with van der Waals surface area (Å²) in [6.45, 7) is 4.72. The van der Waals surface area contributed by atoms with Crippen molar-refractivity contribution < 1.29 is 0 Å². The van der Waals surface area contributed by atoms with Gasteiger partial charge in [0, 0.05) is 5.41 Å². The van der Waals surface area contributed by atoms with Gasteiger partial charge in [-0.3, -0.25) is 0 Å². The highest BCUT2D eigenvalue weighted by Gasteiger charge is 2.53. The van der Waals surface area contributed by atoms with Crippen molar-refractivity contribution >= 4 is 0 Å². The largest absolute Gasteiger partial charge is 0.320 e. The molecule has 5 aromatic rings. The maximum atomic E-state index is 7.00. The van der Waals surface area contributed by atoms with E-state index in [2.05, 4.69) is 129 Å². The van der Waals surface area contributed by atoms with Crippen molar-refractivity contribution in [1.82, 2.24) is 0 Å². The zero-order valence-corrected chi connectivity index (χ0v) is 20.7. The molecule has 0 fully saturated rings. The van der Waals surface area contributed by atoms with E-state index in [9.17, 15) is 0 Å². The predicted octanol–water partition coefficient (Wildman–Crippen LogP) is 7.74. The summed E-state index contributed by atoms with van der Waals surface area (Å²) in [5.74, 6) is 0. The third kappa shape index (κ3) is 2.59. The lowest BCUT2D eigenvalue weighted by Crippen LogP contribution is -2.40. The van der Waals surface area contributed by atoms with E-state index in [-0.39, 0.29) is 16.9 Å². The highest BCUT2D eigenvalue weighted by molar-refractivity contribution is 5.90. The zero-order chi connectivity index (χ0) is 24.5. The second kappa shape index (κ2) is 7.53. The van der Waals surface area contributed by atoms with Crippen LogP contribution in [0.3, 0.4) is 0 Å². The Morgan fingerprint density at radius 1 is 0.500 bits per heavy atom. The van der Waals surface area contributed by atoms with Crippen molar-refractivity contribution in [1.29, 1.82) is 0 Å². The van der Waals surface area contributed by atoms with Crippen LogP contribution in [-0.2, 0) is 10.8 Å². The standard InChI is InChI=1S/C35H29N/c1-34(2)27-18-8-10-20-29(27)35(30-21-11-9-19-28(30)34)26-17-7-6-15-24(26)32-25(16-12-22-31(32)35)33(36)23-13-4-3-5-14-23/h3-22,33H,36H2,1-2H3. The lowest BCUT2D eigenvalue weighted by atomic mass is 9.55. The Kier molecular flexibility index (Phi) is 4.46. The summed E-state index contributed by atoms with van der Waals surface area (Å²) in [5.41, 5.74) is 19.7. The summed E-state index contributed by atoms with van der Waals surface area (Å²) >= 11 is 0. The number of rotatable bonds is 2. The molecule has 1 spiro atoms. The summed E-state index contributed by atoms with van der Waals surface area (Å²) < 4.78 is 0. The molecule has 0 bridgehead atoms. The molecular weight excluding hydrogens is 434 g/mol. The van der Waals surface area contributed by atoms with Gasteiger partial charge in [0.05, 0.1) is 11.5 Å². The van der Waals surface area contributed by atoms with Crippen molar-refractivity contribution in [3.05, 3.63) is 166 Å². The van der Waals surface area contributed by atoms with Gasteiger partial charge in [0.2, 0.25) is 0 Å². The molecule has 174 valence electrons. The summed E-state index contributed by atoms with van der Waals surface area (Å²) in [6.07, 6.45) is 0. The van der Waals surface area contributed by atoms with Crippen LogP contribution in [-0.4, -0.2) is 0 Å². The average molecular weight is 464 g/mol. The molecule has 0 saturated heterocycles. The topological polar surface area (TPSA) is 26.0 Å². The Hall–Kier alpha value is -3.94. The van der Waals surface area contributed by atoms with Gasteiger partial charge in [-0.1, -0.05) is 135 Å². The first-order chi connectivity index (χ1) is 17.6.